The van der Waals surface area contributed by atoms with Crippen LogP contribution in [0.2, 0.25) is 0 Å². The number of piperazine rings is 1. The van der Waals surface area contributed by atoms with Crippen molar-refractivity contribution in [3.63, 3.8) is 0 Å². The van der Waals surface area contributed by atoms with Gasteiger partial charge >= 0.3 is 0 Å². The van der Waals surface area contributed by atoms with Gasteiger partial charge in [-0.3, -0.25) is 4.79 Å². The summed E-state index contributed by atoms with van der Waals surface area (Å²) in [6, 6.07) is 2.05. The first-order chi connectivity index (χ1) is 11.6. The molecule has 0 atom stereocenters. The quantitative estimate of drug-likeness (QED) is 0.819. The van der Waals surface area contributed by atoms with Gasteiger partial charge in [0.2, 0.25) is 5.91 Å². The second-order valence-corrected chi connectivity index (χ2v) is 6.80. The molecule has 7 heteroatoms. The van der Waals surface area contributed by atoms with Crippen molar-refractivity contribution in [3.05, 3.63) is 12.4 Å². The van der Waals surface area contributed by atoms with Crippen LogP contribution >= 0.6 is 0 Å². The van der Waals surface area contributed by atoms with Crippen molar-refractivity contribution in [3.8, 4) is 0 Å². The second kappa shape index (κ2) is 7.79. The van der Waals surface area contributed by atoms with Crippen molar-refractivity contribution in [2.24, 2.45) is 5.92 Å². The average Bonchev–Trinajstić information content (AvgIpc) is 2.62. The van der Waals surface area contributed by atoms with Crippen LogP contribution in [0, 0.1) is 5.92 Å². The van der Waals surface area contributed by atoms with E-state index in [9.17, 15) is 4.79 Å². The number of aromatic nitrogens is 2. The van der Waals surface area contributed by atoms with Crippen LogP contribution in [-0.4, -0.2) is 73.3 Å². The lowest BCUT2D eigenvalue weighted by atomic mass is 10.1. The van der Waals surface area contributed by atoms with E-state index in [0.717, 1.165) is 64.1 Å². The van der Waals surface area contributed by atoms with Crippen LogP contribution < -0.4 is 9.80 Å². The SMILES string of the molecule is CC(C)CC(=O)N1CCN(c2cc(N3CCOCC3)ncn2)CC1. The van der Waals surface area contributed by atoms with E-state index in [0.29, 0.717) is 12.3 Å². The van der Waals surface area contributed by atoms with E-state index in [1.807, 2.05) is 4.90 Å². The van der Waals surface area contributed by atoms with E-state index in [4.69, 9.17) is 4.74 Å². The number of ether oxygens (including phenoxy) is 1. The molecule has 132 valence electrons. The summed E-state index contributed by atoms with van der Waals surface area (Å²) in [7, 11) is 0. The Hall–Kier alpha value is -1.89. The normalized spacial score (nSPS) is 19.0. The van der Waals surface area contributed by atoms with Crippen molar-refractivity contribution < 1.29 is 9.53 Å². The first-order valence-corrected chi connectivity index (χ1v) is 8.81. The third kappa shape index (κ3) is 4.14. The second-order valence-electron chi connectivity index (χ2n) is 6.80. The third-order valence-corrected chi connectivity index (χ3v) is 4.51. The highest BCUT2D eigenvalue weighted by molar-refractivity contribution is 5.76. The van der Waals surface area contributed by atoms with Crippen LogP contribution in [0.5, 0.6) is 0 Å². The molecular weight excluding hydrogens is 306 g/mol. The summed E-state index contributed by atoms with van der Waals surface area (Å²) in [5, 5.41) is 0. The maximum atomic E-state index is 12.2. The molecule has 24 heavy (non-hydrogen) atoms. The summed E-state index contributed by atoms with van der Waals surface area (Å²) in [6.45, 7) is 10.6. The minimum absolute atomic E-state index is 0.265. The number of hydrogen-bond acceptors (Lipinski definition) is 6. The molecule has 0 spiro atoms. The van der Waals surface area contributed by atoms with Crippen molar-refractivity contribution in [2.45, 2.75) is 20.3 Å². The Bertz CT molecular complexity index is 552. The molecule has 1 amide bonds. The van der Waals surface area contributed by atoms with Gasteiger partial charge in [-0.05, 0) is 5.92 Å². The van der Waals surface area contributed by atoms with Crippen LogP contribution in [0.3, 0.4) is 0 Å². The van der Waals surface area contributed by atoms with Crippen LogP contribution in [0.15, 0.2) is 12.4 Å². The standard InChI is InChI=1S/C17H27N5O2/c1-14(2)11-17(23)22-5-3-20(4-6-22)15-12-16(19-13-18-15)21-7-9-24-10-8-21/h12-14H,3-11H2,1-2H3. The van der Waals surface area contributed by atoms with Crippen molar-refractivity contribution in [2.75, 3.05) is 62.3 Å². The fourth-order valence-electron chi connectivity index (χ4n) is 3.14. The molecule has 2 aliphatic rings. The Morgan fingerprint density at radius 2 is 1.62 bits per heavy atom. The number of amides is 1. The molecule has 0 N–H and O–H groups in total. The number of rotatable bonds is 4. The number of anilines is 2. The van der Waals surface area contributed by atoms with Crippen molar-refractivity contribution in [1.82, 2.24) is 14.9 Å². The highest BCUT2D eigenvalue weighted by Gasteiger charge is 2.23. The van der Waals surface area contributed by atoms with Gasteiger partial charge in [0.25, 0.3) is 0 Å². The van der Waals surface area contributed by atoms with Gasteiger partial charge in [0.15, 0.2) is 0 Å². The van der Waals surface area contributed by atoms with Gasteiger partial charge in [-0.15, -0.1) is 0 Å². The lowest BCUT2D eigenvalue weighted by Crippen LogP contribution is -2.49. The predicted octanol–water partition coefficient (Wildman–Crippen LogP) is 1.01. The van der Waals surface area contributed by atoms with E-state index in [-0.39, 0.29) is 5.91 Å². The molecule has 2 aliphatic heterocycles. The van der Waals surface area contributed by atoms with Crippen molar-refractivity contribution in [1.29, 1.82) is 0 Å². The molecule has 3 rings (SSSR count). The molecule has 7 nitrogen and oxygen atoms in total. The smallest absolute Gasteiger partial charge is 0.222 e. The fraction of sp³-hybridized carbons (Fsp3) is 0.706. The predicted molar refractivity (Wildman–Crippen MR) is 93.3 cm³/mol. The average molecular weight is 333 g/mol. The Morgan fingerprint density at radius 1 is 1.04 bits per heavy atom. The Morgan fingerprint density at radius 3 is 2.21 bits per heavy atom. The van der Waals surface area contributed by atoms with E-state index in [1.165, 1.54) is 0 Å². The summed E-state index contributed by atoms with van der Waals surface area (Å²) in [6.07, 6.45) is 2.27. The van der Waals surface area contributed by atoms with Gasteiger partial charge in [-0.25, -0.2) is 9.97 Å². The minimum atomic E-state index is 0.265. The van der Waals surface area contributed by atoms with Gasteiger partial charge in [0.05, 0.1) is 13.2 Å². The summed E-state index contributed by atoms with van der Waals surface area (Å²) in [4.78, 5) is 27.5. The molecule has 0 unspecified atom stereocenters. The van der Waals surface area contributed by atoms with E-state index in [1.54, 1.807) is 6.33 Å². The number of morpholine rings is 1. The molecule has 2 saturated heterocycles. The number of carbonyl (C=O) groups excluding carboxylic acids is 1. The lowest BCUT2D eigenvalue weighted by Gasteiger charge is -2.36. The molecule has 1 aromatic rings. The molecule has 0 bridgehead atoms. The molecule has 2 fully saturated rings. The van der Waals surface area contributed by atoms with Crippen molar-refractivity contribution >= 4 is 17.5 Å². The maximum Gasteiger partial charge on any atom is 0.222 e. The number of nitrogens with zero attached hydrogens (tertiary/aromatic N) is 5. The maximum absolute atomic E-state index is 12.2. The van der Waals surface area contributed by atoms with Crippen LogP contribution in [-0.2, 0) is 9.53 Å². The van der Waals surface area contributed by atoms with Crippen LogP contribution in [0.4, 0.5) is 11.6 Å². The zero-order valence-corrected chi connectivity index (χ0v) is 14.6. The molecule has 0 saturated carbocycles. The summed E-state index contributed by atoms with van der Waals surface area (Å²) in [5.41, 5.74) is 0. The third-order valence-electron chi connectivity index (χ3n) is 4.51. The number of hydrogen-bond donors (Lipinski definition) is 0. The Kier molecular flexibility index (Phi) is 5.50. The van der Waals surface area contributed by atoms with E-state index < -0.39 is 0 Å². The molecule has 1 aromatic heterocycles. The zero-order chi connectivity index (χ0) is 16.9. The van der Waals surface area contributed by atoms with Crippen LogP contribution in [0.25, 0.3) is 0 Å². The molecule has 0 aliphatic carbocycles. The Labute approximate surface area is 143 Å². The number of carbonyl (C=O) groups is 1. The summed E-state index contributed by atoms with van der Waals surface area (Å²) < 4.78 is 5.40. The molecular formula is C17H27N5O2. The zero-order valence-electron chi connectivity index (χ0n) is 14.6. The van der Waals surface area contributed by atoms with Gasteiger partial charge in [0.1, 0.15) is 18.0 Å². The molecule has 3 heterocycles. The van der Waals surface area contributed by atoms with Gasteiger partial charge in [-0.1, -0.05) is 13.8 Å². The molecule has 0 radical (unpaired) electrons. The molecule has 0 aromatic carbocycles. The highest BCUT2D eigenvalue weighted by Crippen LogP contribution is 2.20. The monoisotopic (exact) mass is 333 g/mol. The van der Waals surface area contributed by atoms with Crippen LogP contribution in [0.1, 0.15) is 20.3 Å². The topological polar surface area (TPSA) is 61.8 Å². The first-order valence-electron chi connectivity index (χ1n) is 8.81. The highest BCUT2D eigenvalue weighted by atomic mass is 16.5. The largest absolute Gasteiger partial charge is 0.378 e. The lowest BCUT2D eigenvalue weighted by molar-refractivity contribution is -0.132. The van der Waals surface area contributed by atoms with E-state index in [2.05, 4.69) is 39.7 Å². The summed E-state index contributed by atoms with van der Waals surface area (Å²) >= 11 is 0. The first kappa shape index (κ1) is 17.0. The van der Waals surface area contributed by atoms with Gasteiger partial charge in [-0.2, -0.15) is 0 Å². The fourth-order valence-corrected chi connectivity index (χ4v) is 3.14. The minimum Gasteiger partial charge on any atom is -0.378 e. The van der Waals surface area contributed by atoms with Gasteiger partial charge in [0, 0.05) is 51.8 Å². The summed E-state index contributed by atoms with van der Waals surface area (Å²) in [5.74, 6) is 2.58. The Balaban J connectivity index is 1.59. The van der Waals surface area contributed by atoms with E-state index >= 15 is 0 Å². The van der Waals surface area contributed by atoms with Gasteiger partial charge < -0.3 is 19.4 Å².